The first kappa shape index (κ1) is 16.5. The van der Waals surface area contributed by atoms with Crippen LogP contribution in [0, 0.1) is 5.92 Å². The lowest BCUT2D eigenvalue weighted by Gasteiger charge is -2.22. The van der Waals surface area contributed by atoms with Crippen LogP contribution in [0.1, 0.15) is 25.8 Å². The summed E-state index contributed by atoms with van der Waals surface area (Å²) < 4.78 is 5.80. The zero-order chi connectivity index (χ0) is 14.4. The van der Waals surface area contributed by atoms with Crippen LogP contribution >= 0.6 is 27.5 Å². The van der Waals surface area contributed by atoms with Crippen LogP contribution in [0.3, 0.4) is 0 Å². The molecule has 0 aliphatic heterocycles. The van der Waals surface area contributed by atoms with Gasteiger partial charge in [-0.25, -0.2) is 0 Å². The standard InChI is InChI=1S/C14H19BrClNO2/c1-4-9(2)13(14(18)19-3)17-8-10-7-11(15)5-6-12(10)16/h5-7,9,13,17H,4,8H2,1-3H3. The molecule has 1 aromatic rings. The summed E-state index contributed by atoms with van der Waals surface area (Å²) in [7, 11) is 1.41. The van der Waals surface area contributed by atoms with Crippen molar-refractivity contribution in [3.05, 3.63) is 33.3 Å². The molecule has 0 saturated carbocycles. The Morgan fingerprint density at radius 2 is 2.21 bits per heavy atom. The largest absolute Gasteiger partial charge is 0.468 e. The number of nitrogens with one attached hydrogen (secondary N) is 1. The lowest BCUT2D eigenvalue weighted by Crippen LogP contribution is -2.42. The lowest BCUT2D eigenvalue weighted by molar-refractivity contribution is -0.144. The van der Waals surface area contributed by atoms with Gasteiger partial charge in [0.05, 0.1) is 7.11 Å². The third kappa shape index (κ3) is 4.79. The molecule has 1 aromatic carbocycles. The molecule has 2 atom stereocenters. The third-order valence-electron chi connectivity index (χ3n) is 3.19. The van der Waals surface area contributed by atoms with Crippen molar-refractivity contribution in [2.75, 3.05) is 7.11 Å². The van der Waals surface area contributed by atoms with Crippen LogP contribution in [-0.4, -0.2) is 19.1 Å². The maximum atomic E-state index is 11.8. The van der Waals surface area contributed by atoms with Crippen LogP contribution in [-0.2, 0) is 16.1 Å². The van der Waals surface area contributed by atoms with Gasteiger partial charge in [-0.15, -0.1) is 0 Å². The van der Waals surface area contributed by atoms with E-state index >= 15 is 0 Å². The number of esters is 1. The molecule has 5 heteroatoms. The molecule has 3 nitrogen and oxygen atoms in total. The monoisotopic (exact) mass is 347 g/mol. The van der Waals surface area contributed by atoms with Crippen molar-refractivity contribution in [1.82, 2.24) is 5.32 Å². The van der Waals surface area contributed by atoms with E-state index in [2.05, 4.69) is 21.2 Å². The fourth-order valence-corrected chi connectivity index (χ4v) is 2.37. The van der Waals surface area contributed by atoms with Crippen LogP contribution in [0.5, 0.6) is 0 Å². The quantitative estimate of drug-likeness (QED) is 0.795. The molecule has 106 valence electrons. The van der Waals surface area contributed by atoms with Crippen LogP contribution < -0.4 is 5.32 Å². The Morgan fingerprint density at radius 1 is 1.53 bits per heavy atom. The molecule has 0 heterocycles. The molecule has 1 rings (SSSR count). The van der Waals surface area contributed by atoms with Crippen LogP contribution in [0.4, 0.5) is 0 Å². The maximum absolute atomic E-state index is 11.8. The van der Waals surface area contributed by atoms with Crippen molar-refractivity contribution >= 4 is 33.5 Å². The molecule has 0 radical (unpaired) electrons. The topological polar surface area (TPSA) is 38.3 Å². The van der Waals surface area contributed by atoms with E-state index in [0.717, 1.165) is 16.5 Å². The van der Waals surface area contributed by atoms with Crippen molar-refractivity contribution in [2.45, 2.75) is 32.9 Å². The number of halogens is 2. The second-order valence-corrected chi connectivity index (χ2v) is 5.83. The molecule has 0 spiro atoms. The summed E-state index contributed by atoms with van der Waals surface area (Å²) in [6.45, 7) is 4.61. The molecule has 0 aliphatic carbocycles. The minimum Gasteiger partial charge on any atom is -0.468 e. The van der Waals surface area contributed by atoms with Gasteiger partial charge in [0.15, 0.2) is 0 Å². The van der Waals surface area contributed by atoms with E-state index in [9.17, 15) is 4.79 Å². The number of carbonyl (C=O) groups is 1. The Balaban J connectivity index is 2.75. The molecule has 0 aromatic heterocycles. The second-order valence-electron chi connectivity index (χ2n) is 4.50. The Kier molecular flexibility index (Phi) is 6.83. The molecular formula is C14H19BrClNO2. The highest BCUT2D eigenvalue weighted by Crippen LogP contribution is 2.21. The number of hydrogen-bond donors (Lipinski definition) is 1. The molecule has 0 saturated heterocycles. The van der Waals surface area contributed by atoms with E-state index in [1.165, 1.54) is 7.11 Å². The number of benzene rings is 1. The zero-order valence-corrected chi connectivity index (χ0v) is 13.7. The van der Waals surface area contributed by atoms with Crippen LogP contribution in [0.15, 0.2) is 22.7 Å². The molecule has 0 aliphatic rings. The van der Waals surface area contributed by atoms with Crippen molar-refractivity contribution in [3.8, 4) is 0 Å². The summed E-state index contributed by atoms with van der Waals surface area (Å²) in [6.07, 6.45) is 0.902. The van der Waals surface area contributed by atoms with E-state index < -0.39 is 0 Å². The van der Waals surface area contributed by atoms with Crippen LogP contribution in [0.25, 0.3) is 0 Å². The third-order valence-corrected chi connectivity index (χ3v) is 4.05. The van der Waals surface area contributed by atoms with Gasteiger partial charge >= 0.3 is 5.97 Å². The minimum atomic E-state index is -0.315. The molecule has 1 N–H and O–H groups in total. The fraction of sp³-hybridized carbons (Fsp3) is 0.500. The Labute approximate surface area is 127 Å². The Hall–Kier alpha value is -0.580. The van der Waals surface area contributed by atoms with E-state index in [-0.39, 0.29) is 17.9 Å². The van der Waals surface area contributed by atoms with E-state index in [1.54, 1.807) is 0 Å². The van der Waals surface area contributed by atoms with Crippen LogP contribution in [0.2, 0.25) is 5.02 Å². The summed E-state index contributed by atoms with van der Waals surface area (Å²) in [5.74, 6) is -0.0288. The van der Waals surface area contributed by atoms with Gasteiger partial charge in [-0.1, -0.05) is 47.8 Å². The Morgan fingerprint density at radius 3 is 2.79 bits per heavy atom. The van der Waals surface area contributed by atoms with Gasteiger partial charge in [-0.2, -0.15) is 0 Å². The van der Waals surface area contributed by atoms with E-state index in [1.807, 2.05) is 32.0 Å². The molecule has 0 fully saturated rings. The number of ether oxygens (including phenoxy) is 1. The molecule has 0 bridgehead atoms. The molecule has 19 heavy (non-hydrogen) atoms. The summed E-state index contributed by atoms with van der Waals surface area (Å²) >= 11 is 9.54. The summed E-state index contributed by atoms with van der Waals surface area (Å²) in [5.41, 5.74) is 0.952. The lowest BCUT2D eigenvalue weighted by atomic mass is 9.99. The summed E-state index contributed by atoms with van der Waals surface area (Å²) in [4.78, 5) is 11.8. The first-order valence-electron chi connectivity index (χ1n) is 6.24. The number of methoxy groups -OCH3 is 1. The normalized spacial score (nSPS) is 13.9. The fourth-order valence-electron chi connectivity index (χ4n) is 1.78. The number of rotatable bonds is 6. The summed E-state index contributed by atoms with van der Waals surface area (Å²) in [5, 5.41) is 3.91. The van der Waals surface area contributed by atoms with Gasteiger partial charge in [0.2, 0.25) is 0 Å². The van der Waals surface area contributed by atoms with Crippen molar-refractivity contribution < 1.29 is 9.53 Å². The minimum absolute atomic E-state index is 0.207. The predicted octanol–water partition coefficient (Wildman–Crippen LogP) is 3.78. The second kappa shape index (κ2) is 7.88. The maximum Gasteiger partial charge on any atom is 0.323 e. The average Bonchev–Trinajstić information content (AvgIpc) is 2.41. The van der Waals surface area contributed by atoms with Gasteiger partial charge in [-0.3, -0.25) is 4.79 Å². The van der Waals surface area contributed by atoms with Crippen molar-refractivity contribution in [3.63, 3.8) is 0 Å². The van der Waals surface area contributed by atoms with Gasteiger partial charge in [0.1, 0.15) is 6.04 Å². The average molecular weight is 349 g/mol. The first-order chi connectivity index (χ1) is 8.99. The number of carbonyl (C=O) groups excluding carboxylic acids is 1. The van der Waals surface area contributed by atoms with Gasteiger partial charge < -0.3 is 10.1 Å². The number of hydrogen-bond acceptors (Lipinski definition) is 3. The molecule has 0 amide bonds. The van der Waals surface area contributed by atoms with E-state index in [0.29, 0.717) is 11.6 Å². The molecular weight excluding hydrogens is 330 g/mol. The first-order valence-corrected chi connectivity index (χ1v) is 7.41. The summed E-state index contributed by atoms with van der Waals surface area (Å²) in [6, 6.07) is 5.35. The van der Waals surface area contributed by atoms with Gasteiger partial charge in [0.25, 0.3) is 0 Å². The Bertz CT molecular complexity index is 439. The highest BCUT2D eigenvalue weighted by molar-refractivity contribution is 9.10. The zero-order valence-electron chi connectivity index (χ0n) is 11.4. The molecule has 2 unspecified atom stereocenters. The van der Waals surface area contributed by atoms with E-state index in [4.69, 9.17) is 16.3 Å². The smallest absolute Gasteiger partial charge is 0.323 e. The SMILES string of the molecule is CCC(C)C(NCc1cc(Br)ccc1Cl)C(=O)OC. The van der Waals surface area contributed by atoms with Gasteiger partial charge in [0, 0.05) is 16.0 Å². The van der Waals surface area contributed by atoms with Gasteiger partial charge in [-0.05, 0) is 29.7 Å². The van der Waals surface area contributed by atoms with Crippen molar-refractivity contribution in [1.29, 1.82) is 0 Å². The highest BCUT2D eigenvalue weighted by atomic mass is 79.9. The van der Waals surface area contributed by atoms with Crippen molar-refractivity contribution in [2.24, 2.45) is 5.92 Å². The predicted molar refractivity (Wildman–Crippen MR) is 81.3 cm³/mol. The highest BCUT2D eigenvalue weighted by Gasteiger charge is 2.24.